The number of aliphatic hydroxyl groups excluding tert-OH is 11. The monoisotopic (exact) mass is 1370 g/mol. The Morgan fingerprint density at radius 1 is 0.375 bits per heavy atom. The second-order valence-corrected chi connectivity index (χ2v) is 28.2. The molecule has 3 heterocycles. The first kappa shape index (κ1) is 88.2. The van der Waals surface area contributed by atoms with Crippen molar-refractivity contribution in [2.75, 3.05) is 26.4 Å². The number of carbonyl (C=O) groups is 1. The summed E-state index contributed by atoms with van der Waals surface area (Å²) in [4.78, 5) is 13.5. The van der Waals surface area contributed by atoms with Crippen LogP contribution in [0.1, 0.15) is 316 Å². The summed E-state index contributed by atoms with van der Waals surface area (Å²) in [5.41, 5.74) is 0. The van der Waals surface area contributed by atoms with E-state index in [0.717, 1.165) is 64.2 Å². The summed E-state index contributed by atoms with van der Waals surface area (Å²) in [6.07, 6.45) is 43.6. The topological polar surface area (TPSA) is 307 Å². The van der Waals surface area contributed by atoms with Crippen molar-refractivity contribution in [1.29, 1.82) is 0 Å². The van der Waals surface area contributed by atoms with Gasteiger partial charge in [0.1, 0.15) is 73.2 Å². The van der Waals surface area contributed by atoms with Gasteiger partial charge in [-0.1, -0.05) is 294 Å². The fourth-order valence-corrected chi connectivity index (χ4v) is 13.4. The van der Waals surface area contributed by atoms with Crippen LogP contribution >= 0.6 is 0 Å². The second-order valence-electron chi connectivity index (χ2n) is 28.2. The SMILES string of the molecule is CCCCCCC/C=C\C/C=C\C/C=C\CCCCCCCCCCCCCCC(=O)NC(COC1OC(CO)C(OC2OC(CO)C(OC3OC(CO)C(O)C(O)C3O)C(O)C2O)C(O)C1O)C(O)CCCCCCCCCCCCCCCCCCCCCCCCCC. The highest BCUT2D eigenvalue weighted by Gasteiger charge is 2.54. The number of ether oxygens (including phenoxy) is 6. The molecule has 17 atom stereocenters. The highest BCUT2D eigenvalue weighted by atomic mass is 16.8. The minimum atomic E-state index is -1.97. The van der Waals surface area contributed by atoms with Crippen LogP contribution in [0.15, 0.2) is 36.5 Å². The van der Waals surface area contributed by atoms with E-state index in [1.807, 2.05) is 0 Å². The zero-order valence-electron chi connectivity index (χ0n) is 60.1. The highest BCUT2D eigenvalue weighted by Crippen LogP contribution is 2.33. The normalized spacial score (nSPS) is 27.2. The largest absolute Gasteiger partial charge is 0.394 e. The fourth-order valence-electron chi connectivity index (χ4n) is 13.4. The molecule has 0 aromatic heterocycles. The van der Waals surface area contributed by atoms with Gasteiger partial charge >= 0.3 is 0 Å². The summed E-state index contributed by atoms with van der Waals surface area (Å²) in [7, 11) is 0. The zero-order chi connectivity index (χ0) is 69.6. The lowest BCUT2D eigenvalue weighted by Crippen LogP contribution is -2.66. The van der Waals surface area contributed by atoms with Gasteiger partial charge in [0, 0.05) is 6.42 Å². The van der Waals surface area contributed by atoms with Crippen molar-refractivity contribution < 1.29 is 89.4 Å². The van der Waals surface area contributed by atoms with E-state index in [1.54, 1.807) is 0 Å². The van der Waals surface area contributed by atoms with Gasteiger partial charge in [-0.2, -0.15) is 0 Å². The van der Waals surface area contributed by atoms with Gasteiger partial charge in [0.05, 0.1) is 38.6 Å². The summed E-state index contributed by atoms with van der Waals surface area (Å²) in [6.45, 7) is 1.83. The van der Waals surface area contributed by atoms with Gasteiger partial charge in [0.2, 0.25) is 5.91 Å². The van der Waals surface area contributed by atoms with Gasteiger partial charge in [-0.25, -0.2) is 0 Å². The standard InChI is InChI=1S/C77H143NO18/c1-3-5-7-9-11-13-15-17-19-21-23-25-27-29-30-31-33-35-37-39-41-43-45-47-49-51-53-55-65(83)78-60(61(82)54-52-50-48-46-44-42-40-38-36-34-32-28-26-24-22-20-18-16-14-12-10-8-6-4-2)59-91-75-71(89)68(86)73(63(57-80)93-75)96-77-72(90)69(87)74(64(58-81)94-77)95-76-70(88)67(85)66(84)62(56-79)92-76/h15,17,21,23,27,29,60-64,66-77,79-82,84-90H,3-14,16,18-20,22,24-26,28,30-59H2,1-2H3,(H,78,83)/b17-15-,23-21-,29-27-. The van der Waals surface area contributed by atoms with Gasteiger partial charge in [0.15, 0.2) is 18.9 Å². The first-order chi connectivity index (χ1) is 46.8. The molecule has 0 spiro atoms. The Hall–Kier alpha value is -1.99. The molecule has 0 aliphatic carbocycles. The lowest BCUT2D eigenvalue weighted by atomic mass is 9.96. The number of unbranched alkanes of at least 4 members (excludes halogenated alkanes) is 40. The first-order valence-electron chi connectivity index (χ1n) is 39.2. The molecule has 19 heteroatoms. The van der Waals surface area contributed by atoms with Crippen LogP contribution in [0.4, 0.5) is 0 Å². The first-order valence-corrected chi connectivity index (χ1v) is 39.2. The third kappa shape index (κ3) is 38.9. The predicted octanol–water partition coefficient (Wildman–Crippen LogP) is 12.3. The van der Waals surface area contributed by atoms with Crippen LogP contribution in [-0.2, 0) is 33.2 Å². The fraction of sp³-hybridized carbons (Fsp3) is 0.909. The molecule has 12 N–H and O–H groups in total. The maximum absolute atomic E-state index is 13.5. The van der Waals surface area contributed by atoms with Crippen molar-refractivity contribution in [2.24, 2.45) is 0 Å². The van der Waals surface area contributed by atoms with Crippen molar-refractivity contribution in [3.05, 3.63) is 36.5 Å². The molecule has 0 aromatic rings. The molecular formula is C77H143NO18. The maximum atomic E-state index is 13.5. The van der Waals surface area contributed by atoms with E-state index >= 15 is 0 Å². The Labute approximate surface area is 581 Å². The van der Waals surface area contributed by atoms with Crippen LogP contribution in [0, 0.1) is 0 Å². The molecule has 3 fully saturated rings. The van der Waals surface area contributed by atoms with Crippen molar-refractivity contribution in [2.45, 2.75) is 420 Å². The Kier molecular flexibility index (Phi) is 53.8. The molecule has 96 heavy (non-hydrogen) atoms. The number of aliphatic hydroxyl groups is 11. The molecule has 0 radical (unpaired) electrons. The number of rotatable bonds is 62. The van der Waals surface area contributed by atoms with Crippen LogP contribution < -0.4 is 5.32 Å². The van der Waals surface area contributed by atoms with Crippen LogP contribution in [0.25, 0.3) is 0 Å². The van der Waals surface area contributed by atoms with Crippen molar-refractivity contribution in [3.8, 4) is 0 Å². The van der Waals surface area contributed by atoms with Gasteiger partial charge in [-0.15, -0.1) is 0 Å². The summed E-state index contributed by atoms with van der Waals surface area (Å²) in [6, 6.07) is -0.890. The lowest BCUT2D eigenvalue weighted by Gasteiger charge is -2.48. The summed E-state index contributed by atoms with van der Waals surface area (Å²) in [5, 5.41) is 121. The van der Waals surface area contributed by atoms with E-state index < -0.39 is 124 Å². The van der Waals surface area contributed by atoms with Gasteiger partial charge in [0.25, 0.3) is 0 Å². The highest BCUT2D eigenvalue weighted by molar-refractivity contribution is 5.76. The van der Waals surface area contributed by atoms with E-state index in [9.17, 15) is 61.0 Å². The second kappa shape index (κ2) is 58.5. The Balaban J connectivity index is 1.39. The molecule has 0 saturated carbocycles. The molecule has 17 unspecified atom stereocenters. The number of carbonyl (C=O) groups excluding carboxylic acids is 1. The Morgan fingerprint density at radius 3 is 1.07 bits per heavy atom. The number of allylic oxidation sites excluding steroid dienone is 6. The van der Waals surface area contributed by atoms with Gasteiger partial charge < -0.3 is 89.9 Å². The Morgan fingerprint density at radius 2 is 0.688 bits per heavy atom. The molecule has 19 nitrogen and oxygen atoms in total. The third-order valence-electron chi connectivity index (χ3n) is 19.7. The van der Waals surface area contributed by atoms with E-state index in [4.69, 9.17) is 28.4 Å². The lowest BCUT2D eigenvalue weighted by molar-refractivity contribution is -0.379. The van der Waals surface area contributed by atoms with E-state index in [2.05, 4.69) is 55.6 Å². The molecular weight excluding hydrogens is 1230 g/mol. The van der Waals surface area contributed by atoms with E-state index in [1.165, 1.54) is 218 Å². The van der Waals surface area contributed by atoms with Crippen molar-refractivity contribution >= 4 is 5.91 Å². The van der Waals surface area contributed by atoms with Crippen LogP contribution in [0.5, 0.6) is 0 Å². The zero-order valence-corrected chi connectivity index (χ0v) is 60.1. The quantitative estimate of drug-likeness (QED) is 0.0199. The number of amides is 1. The average Bonchev–Trinajstić information content (AvgIpc) is 1.09. The molecule has 3 saturated heterocycles. The van der Waals surface area contributed by atoms with Crippen LogP contribution in [-0.4, -0.2) is 193 Å². The minimum absolute atomic E-state index is 0.241. The van der Waals surface area contributed by atoms with E-state index in [0.29, 0.717) is 12.8 Å². The van der Waals surface area contributed by atoms with E-state index in [-0.39, 0.29) is 18.9 Å². The van der Waals surface area contributed by atoms with Crippen molar-refractivity contribution in [3.63, 3.8) is 0 Å². The smallest absolute Gasteiger partial charge is 0.220 e. The molecule has 564 valence electrons. The van der Waals surface area contributed by atoms with Gasteiger partial charge in [-0.3, -0.25) is 4.79 Å². The molecule has 0 aromatic carbocycles. The number of hydrogen-bond donors (Lipinski definition) is 12. The number of nitrogens with one attached hydrogen (secondary N) is 1. The number of hydrogen-bond acceptors (Lipinski definition) is 18. The average molecular weight is 1370 g/mol. The molecule has 0 bridgehead atoms. The Bertz CT molecular complexity index is 1880. The molecule has 3 aliphatic heterocycles. The summed E-state index contributed by atoms with van der Waals surface area (Å²) >= 11 is 0. The van der Waals surface area contributed by atoms with Crippen LogP contribution in [0.2, 0.25) is 0 Å². The molecule has 1 amide bonds. The maximum Gasteiger partial charge on any atom is 0.220 e. The molecule has 3 aliphatic rings. The minimum Gasteiger partial charge on any atom is -0.394 e. The van der Waals surface area contributed by atoms with Crippen LogP contribution in [0.3, 0.4) is 0 Å². The van der Waals surface area contributed by atoms with Crippen molar-refractivity contribution in [1.82, 2.24) is 5.32 Å². The summed E-state index contributed by atoms with van der Waals surface area (Å²) < 4.78 is 34.5. The third-order valence-corrected chi connectivity index (χ3v) is 19.7. The summed E-state index contributed by atoms with van der Waals surface area (Å²) in [5.74, 6) is -0.241. The predicted molar refractivity (Wildman–Crippen MR) is 379 cm³/mol. The van der Waals surface area contributed by atoms with Gasteiger partial charge in [-0.05, 0) is 51.4 Å². The molecule has 3 rings (SSSR count).